The maximum Gasteiger partial charge on any atom is 0.486 e. The van der Waals surface area contributed by atoms with Crippen LogP contribution in [-0.2, 0) is 18.8 Å². The second kappa shape index (κ2) is 9.06. The molecule has 2 aliphatic heterocycles. The molecule has 0 spiro atoms. The average Bonchev–Trinajstić information content (AvgIpc) is 2.88. The van der Waals surface area contributed by atoms with Crippen LogP contribution in [0.25, 0.3) is 0 Å². The van der Waals surface area contributed by atoms with Crippen molar-refractivity contribution < 1.29 is 18.8 Å². The minimum atomic E-state index is -1.88. The molecule has 0 amide bonds. The van der Waals surface area contributed by atoms with Gasteiger partial charge < -0.3 is 18.8 Å². The molecule has 1 unspecified atom stereocenters. The number of ether oxygens (including phenoxy) is 2. The number of rotatable bonds is 7. The van der Waals surface area contributed by atoms with E-state index >= 15 is 0 Å². The predicted molar refractivity (Wildman–Crippen MR) is 122 cm³/mol. The zero-order valence-corrected chi connectivity index (χ0v) is 20.0. The van der Waals surface area contributed by atoms with Gasteiger partial charge in [-0.15, -0.1) is 0 Å². The molecule has 4 nitrogen and oxygen atoms in total. The SMILES string of the molecule is CC1(C)OB(/C=C(/CCOC2CCCCO2)[Si](C)(C)c2ccccc2)OC1(C)C. The first kappa shape index (κ1) is 22.8. The van der Waals surface area contributed by atoms with E-state index in [0.29, 0.717) is 6.61 Å². The molecular weight excluding hydrogens is 379 g/mol. The fraction of sp³-hybridized carbons (Fsp3) is 0.652. The first-order chi connectivity index (χ1) is 13.6. The van der Waals surface area contributed by atoms with Crippen LogP contribution in [0.5, 0.6) is 0 Å². The van der Waals surface area contributed by atoms with Gasteiger partial charge in [0.2, 0.25) is 0 Å². The van der Waals surface area contributed by atoms with E-state index < -0.39 is 8.07 Å². The van der Waals surface area contributed by atoms with Gasteiger partial charge in [-0.25, -0.2) is 0 Å². The van der Waals surface area contributed by atoms with Gasteiger partial charge in [-0.1, -0.05) is 59.8 Å². The Balaban J connectivity index is 1.77. The van der Waals surface area contributed by atoms with Crippen LogP contribution in [0.3, 0.4) is 0 Å². The number of hydrogen-bond acceptors (Lipinski definition) is 4. The van der Waals surface area contributed by atoms with E-state index in [9.17, 15) is 0 Å². The summed E-state index contributed by atoms with van der Waals surface area (Å²) in [4.78, 5) is 0. The second-order valence-corrected chi connectivity index (χ2v) is 14.2. The van der Waals surface area contributed by atoms with Crippen molar-refractivity contribution in [1.82, 2.24) is 0 Å². The van der Waals surface area contributed by atoms with Gasteiger partial charge >= 0.3 is 7.12 Å². The van der Waals surface area contributed by atoms with E-state index in [4.69, 9.17) is 18.8 Å². The Bertz CT molecular complexity index is 680. The van der Waals surface area contributed by atoms with Crippen molar-refractivity contribution in [2.45, 2.75) is 84.0 Å². The monoisotopic (exact) mass is 416 g/mol. The molecule has 0 aromatic heterocycles. The Morgan fingerprint density at radius 2 is 1.76 bits per heavy atom. The van der Waals surface area contributed by atoms with Gasteiger partial charge in [-0.3, -0.25) is 0 Å². The van der Waals surface area contributed by atoms with Gasteiger partial charge in [0.1, 0.15) is 8.07 Å². The summed E-state index contributed by atoms with van der Waals surface area (Å²) in [7, 11) is -2.20. The Morgan fingerprint density at radius 3 is 2.34 bits per heavy atom. The summed E-state index contributed by atoms with van der Waals surface area (Å²) in [5, 5.41) is 2.81. The summed E-state index contributed by atoms with van der Waals surface area (Å²) < 4.78 is 24.4. The highest BCUT2D eigenvalue weighted by atomic mass is 28.3. The lowest BCUT2D eigenvalue weighted by molar-refractivity contribution is -0.161. The number of benzene rings is 1. The van der Waals surface area contributed by atoms with E-state index in [0.717, 1.165) is 25.9 Å². The van der Waals surface area contributed by atoms with Gasteiger partial charge in [0.25, 0.3) is 0 Å². The minimum Gasteiger partial charge on any atom is -0.400 e. The van der Waals surface area contributed by atoms with Crippen LogP contribution >= 0.6 is 0 Å². The third-order valence-corrected chi connectivity index (χ3v) is 10.5. The Hall–Kier alpha value is -0.918. The van der Waals surface area contributed by atoms with Crippen molar-refractivity contribution in [2.24, 2.45) is 0 Å². The third-order valence-electron chi connectivity index (χ3n) is 6.72. The molecule has 6 heteroatoms. The summed E-state index contributed by atoms with van der Waals surface area (Å²) in [6.07, 6.45) is 4.14. The summed E-state index contributed by atoms with van der Waals surface area (Å²) >= 11 is 0. The molecule has 1 aromatic rings. The summed E-state index contributed by atoms with van der Waals surface area (Å²) in [5.41, 5.74) is -0.658. The Kier molecular flexibility index (Phi) is 7.11. The fourth-order valence-electron chi connectivity index (χ4n) is 3.91. The molecule has 3 rings (SSSR count). The van der Waals surface area contributed by atoms with Crippen LogP contribution in [0.4, 0.5) is 0 Å². The van der Waals surface area contributed by atoms with Crippen LogP contribution in [0.1, 0.15) is 53.4 Å². The van der Waals surface area contributed by atoms with Crippen molar-refractivity contribution in [1.29, 1.82) is 0 Å². The van der Waals surface area contributed by atoms with E-state index in [1.165, 1.54) is 16.8 Å². The van der Waals surface area contributed by atoms with Crippen LogP contribution in [-0.4, -0.2) is 45.9 Å². The molecule has 2 fully saturated rings. The van der Waals surface area contributed by atoms with Gasteiger partial charge in [-0.2, -0.15) is 0 Å². The van der Waals surface area contributed by atoms with E-state index in [1.807, 2.05) is 0 Å². The van der Waals surface area contributed by atoms with Crippen molar-refractivity contribution in [3.8, 4) is 0 Å². The molecule has 2 aliphatic rings. The highest BCUT2D eigenvalue weighted by molar-refractivity contribution is 6.96. The Labute approximate surface area is 178 Å². The van der Waals surface area contributed by atoms with E-state index in [1.54, 1.807) is 0 Å². The summed E-state index contributed by atoms with van der Waals surface area (Å²) in [5.74, 6) is 2.22. The van der Waals surface area contributed by atoms with Crippen molar-refractivity contribution in [2.75, 3.05) is 13.2 Å². The molecule has 29 heavy (non-hydrogen) atoms. The second-order valence-electron chi connectivity index (χ2n) is 9.72. The lowest BCUT2D eigenvalue weighted by atomic mass is 9.89. The maximum atomic E-state index is 6.28. The molecule has 160 valence electrons. The molecule has 1 aromatic carbocycles. The molecule has 1 atom stereocenters. The van der Waals surface area contributed by atoms with Crippen molar-refractivity contribution in [3.63, 3.8) is 0 Å². The largest absolute Gasteiger partial charge is 0.486 e. The summed E-state index contributed by atoms with van der Waals surface area (Å²) in [6.45, 7) is 14.7. The zero-order valence-electron chi connectivity index (χ0n) is 19.0. The summed E-state index contributed by atoms with van der Waals surface area (Å²) in [6, 6.07) is 10.8. The van der Waals surface area contributed by atoms with E-state index in [-0.39, 0.29) is 24.6 Å². The van der Waals surface area contributed by atoms with Crippen LogP contribution in [0.2, 0.25) is 13.1 Å². The third kappa shape index (κ3) is 5.42. The number of hydrogen-bond donors (Lipinski definition) is 0. The van der Waals surface area contributed by atoms with Gasteiger partial charge in [0.15, 0.2) is 6.29 Å². The van der Waals surface area contributed by atoms with Crippen LogP contribution in [0, 0.1) is 0 Å². The van der Waals surface area contributed by atoms with Crippen LogP contribution < -0.4 is 5.19 Å². The molecular formula is C23H37BO4Si. The highest BCUT2D eigenvalue weighted by Crippen LogP contribution is 2.37. The maximum absolute atomic E-state index is 6.28. The smallest absolute Gasteiger partial charge is 0.400 e. The quantitative estimate of drug-likeness (QED) is 0.608. The van der Waals surface area contributed by atoms with Crippen LogP contribution in [0.15, 0.2) is 41.5 Å². The Morgan fingerprint density at radius 1 is 1.10 bits per heavy atom. The topological polar surface area (TPSA) is 36.9 Å². The van der Waals surface area contributed by atoms with Gasteiger partial charge in [0, 0.05) is 6.61 Å². The zero-order chi connectivity index (χ0) is 21.1. The first-order valence-electron chi connectivity index (χ1n) is 11.0. The molecule has 0 radical (unpaired) electrons. The normalized spacial score (nSPS) is 24.7. The first-order valence-corrected chi connectivity index (χ1v) is 14.0. The minimum absolute atomic E-state index is 0.0525. The van der Waals surface area contributed by atoms with Crippen molar-refractivity contribution >= 4 is 20.4 Å². The molecule has 2 heterocycles. The fourth-order valence-corrected chi connectivity index (χ4v) is 6.58. The standard InChI is InChI=1S/C23H37BO4Si/c1-22(2)23(3,4)28-24(27-22)18-20(15-17-26-21-14-10-11-16-25-21)29(5,6)19-12-8-7-9-13-19/h7-9,12-13,18,21H,10-11,14-17H2,1-6H3/b20-18-. The molecule has 2 saturated heterocycles. The predicted octanol–water partition coefficient (Wildman–Crippen LogP) is 4.63. The van der Waals surface area contributed by atoms with E-state index in [2.05, 4.69) is 77.1 Å². The molecule has 0 bridgehead atoms. The van der Waals surface area contributed by atoms with Gasteiger partial charge in [0.05, 0.1) is 17.8 Å². The lowest BCUT2D eigenvalue weighted by Crippen LogP contribution is -2.45. The molecule has 0 saturated carbocycles. The average molecular weight is 416 g/mol. The van der Waals surface area contributed by atoms with Crippen molar-refractivity contribution in [3.05, 3.63) is 41.5 Å². The molecule has 0 aliphatic carbocycles. The van der Waals surface area contributed by atoms with Gasteiger partial charge in [-0.05, 0) is 53.4 Å². The molecule has 0 N–H and O–H groups in total. The lowest BCUT2D eigenvalue weighted by Gasteiger charge is -2.32. The highest BCUT2D eigenvalue weighted by Gasteiger charge is 2.50.